The molecule has 1 aromatic carbocycles. The van der Waals surface area contributed by atoms with E-state index in [4.69, 9.17) is 16.7 Å². The van der Waals surface area contributed by atoms with E-state index in [-0.39, 0.29) is 22.6 Å². The zero-order valence-electron chi connectivity index (χ0n) is 14.7. The minimum atomic E-state index is -3.89. The third-order valence-electron chi connectivity index (χ3n) is 4.14. The summed E-state index contributed by atoms with van der Waals surface area (Å²) in [5, 5.41) is 16.8. The van der Waals surface area contributed by atoms with E-state index in [9.17, 15) is 27.5 Å². The van der Waals surface area contributed by atoms with Gasteiger partial charge in [-0.15, -0.1) is 0 Å². The Hall–Kier alpha value is -2.95. The normalized spacial score (nSPS) is 11.6. The fraction of sp³-hybridized carbons (Fsp3) is 0.111. The summed E-state index contributed by atoms with van der Waals surface area (Å²) in [7, 11) is -3.89. The van der Waals surface area contributed by atoms with Crippen molar-refractivity contribution >= 4 is 38.8 Å². The second-order valence-corrected chi connectivity index (χ2v) is 8.27. The average Bonchev–Trinajstić information content (AvgIpc) is 2.64. The molecule has 152 valence electrons. The number of carboxylic acid groups (broad SMARTS) is 1. The standard InChI is InChI=1S/C18H15ClFN3O5S/c19-13-3-1-2-11(16(13)20)6-10-4-5-15-14(22-9-29(21,27)28)7-12(18(25)26)17(24)23(15)8-10/h1-5,7-8,22H,6,9H2,(H,25,26)(H2,21,27,28). The van der Waals surface area contributed by atoms with Crippen LogP contribution in [-0.4, -0.2) is 29.8 Å². The Morgan fingerprint density at radius 3 is 2.66 bits per heavy atom. The minimum Gasteiger partial charge on any atom is -0.477 e. The van der Waals surface area contributed by atoms with E-state index in [0.717, 1.165) is 10.5 Å². The van der Waals surface area contributed by atoms with Crippen LogP contribution >= 0.6 is 11.6 Å². The molecule has 0 bridgehead atoms. The van der Waals surface area contributed by atoms with Crippen LogP contribution in [-0.2, 0) is 16.4 Å². The number of primary sulfonamides is 1. The lowest BCUT2D eigenvalue weighted by Gasteiger charge is -2.13. The second kappa shape index (κ2) is 7.82. The second-order valence-electron chi connectivity index (χ2n) is 6.25. The molecule has 0 unspecified atom stereocenters. The first-order valence-corrected chi connectivity index (χ1v) is 10.2. The van der Waals surface area contributed by atoms with Crippen molar-refractivity contribution in [2.24, 2.45) is 5.14 Å². The number of aromatic carboxylic acids is 1. The van der Waals surface area contributed by atoms with Crippen LogP contribution in [0.2, 0.25) is 5.02 Å². The molecular formula is C18H15ClFN3O5S. The third-order valence-corrected chi connectivity index (χ3v) is 4.98. The predicted molar refractivity (Wildman–Crippen MR) is 106 cm³/mol. The SMILES string of the molecule is NS(=O)(=O)CNc1cc(C(=O)O)c(=O)n2cc(Cc3cccc(Cl)c3F)ccc12. The smallest absolute Gasteiger partial charge is 0.341 e. The van der Waals surface area contributed by atoms with Gasteiger partial charge in [-0.1, -0.05) is 29.8 Å². The van der Waals surface area contributed by atoms with Gasteiger partial charge >= 0.3 is 5.97 Å². The Morgan fingerprint density at radius 2 is 2.00 bits per heavy atom. The molecule has 2 aromatic heterocycles. The van der Waals surface area contributed by atoms with Gasteiger partial charge in [-0.25, -0.2) is 22.7 Å². The molecule has 8 nitrogen and oxygen atoms in total. The van der Waals surface area contributed by atoms with Gasteiger partial charge in [0.1, 0.15) is 17.3 Å². The summed E-state index contributed by atoms with van der Waals surface area (Å²) in [6, 6.07) is 8.69. The lowest BCUT2D eigenvalue weighted by atomic mass is 10.1. The minimum absolute atomic E-state index is 0.0388. The number of anilines is 1. The first-order chi connectivity index (χ1) is 13.6. The number of halogens is 2. The van der Waals surface area contributed by atoms with E-state index >= 15 is 0 Å². The molecule has 0 spiro atoms. The molecule has 29 heavy (non-hydrogen) atoms. The number of benzene rings is 1. The molecule has 0 aliphatic rings. The van der Waals surface area contributed by atoms with E-state index in [1.54, 1.807) is 18.2 Å². The van der Waals surface area contributed by atoms with Crippen LogP contribution in [0.25, 0.3) is 5.52 Å². The molecule has 3 aromatic rings. The highest BCUT2D eigenvalue weighted by atomic mass is 35.5. The van der Waals surface area contributed by atoms with E-state index < -0.39 is 38.8 Å². The van der Waals surface area contributed by atoms with E-state index in [2.05, 4.69) is 5.32 Å². The van der Waals surface area contributed by atoms with Gasteiger partial charge in [-0.2, -0.15) is 0 Å². The summed E-state index contributed by atoms with van der Waals surface area (Å²) >= 11 is 5.79. The van der Waals surface area contributed by atoms with Crippen LogP contribution in [0, 0.1) is 5.82 Å². The van der Waals surface area contributed by atoms with Crippen molar-refractivity contribution in [1.82, 2.24) is 4.40 Å². The highest BCUT2D eigenvalue weighted by molar-refractivity contribution is 7.89. The monoisotopic (exact) mass is 439 g/mol. The first kappa shape index (κ1) is 20.8. The zero-order valence-corrected chi connectivity index (χ0v) is 16.3. The Balaban J connectivity index is 2.13. The van der Waals surface area contributed by atoms with Gasteiger partial charge in [-0.05, 0) is 29.3 Å². The summed E-state index contributed by atoms with van der Waals surface area (Å²) in [6.45, 7) is 0. The molecule has 11 heteroatoms. The maximum atomic E-state index is 14.2. The third kappa shape index (κ3) is 4.56. The largest absolute Gasteiger partial charge is 0.477 e. The van der Waals surface area contributed by atoms with Gasteiger partial charge in [0.15, 0.2) is 0 Å². The molecule has 0 saturated carbocycles. The van der Waals surface area contributed by atoms with Crippen molar-refractivity contribution in [3.63, 3.8) is 0 Å². The fourth-order valence-corrected chi connectivity index (χ4v) is 3.38. The predicted octanol–water partition coefficient (Wildman–Crippen LogP) is 2.04. The molecule has 0 fully saturated rings. The number of nitrogens with one attached hydrogen (secondary N) is 1. The van der Waals surface area contributed by atoms with Gasteiger partial charge in [0.05, 0.1) is 16.2 Å². The lowest BCUT2D eigenvalue weighted by molar-refractivity contribution is 0.0695. The number of hydrogen-bond acceptors (Lipinski definition) is 5. The van der Waals surface area contributed by atoms with Crippen molar-refractivity contribution < 1.29 is 22.7 Å². The highest BCUT2D eigenvalue weighted by Gasteiger charge is 2.16. The fourth-order valence-electron chi connectivity index (χ4n) is 2.82. The highest BCUT2D eigenvalue weighted by Crippen LogP contribution is 2.22. The van der Waals surface area contributed by atoms with Gasteiger partial charge < -0.3 is 10.4 Å². The summed E-state index contributed by atoms with van der Waals surface area (Å²) in [5.41, 5.74) is -0.240. The van der Waals surface area contributed by atoms with E-state index in [1.807, 2.05) is 0 Å². The molecular weight excluding hydrogens is 425 g/mol. The van der Waals surface area contributed by atoms with Crippen molar-refractivity contribution in [1.29, 1.82) is 0 Å². The summed E-state index contributed by atoms with van der Waals surface area (Å²) < 4.78 is 37.7. The molecule has 0 amide bonds. The maximum absolute atomic E-state index is 14.2. The van der Waals surface area contributed by atoms with Crippen LogP contribution in [0.1, 0.15) is 21.5 Å². The summed E-state index contributed by atoms with van der Waals surface area (Å²) in [5.74, 6) is -2.72. The van der Waals surface area contributed by atoms with Crippen LogP contribution < -0.4 is 16.0 Å². The number of pyridine rings is 2. The molecule has 0 saturated heterocycles. The first-order valence-electron chi connectivity index (χ1n) is 8.15. The van der Waals surface area contributed by atoms with Crippen LogP contribution in [0.5, 0.6) is 0 Å². The number of sulfonamides is 1. The van der Waals surface area contributed by atoms with Gasteiger partial charge in [0, 0.05) is 12.6 Å². The molecule has 2 heterocycles. The lowest BCUT2D eigenvalue weighted by Crippen LogP contribution is -2.26. The van der Waals surface area contributed by atoms with Crippen molar-refractivity contribution in [2.75, 3.05) is 11.2 Å². The van der Waals surface area contributed by atoms with Crippen LogP contribution in [0.15, 0.2) is 47.4 Å². The zero-order chi connectivity index (χ0) is 21.3. The van der Waals surface area contributed by atoms with Gasteiger partial charge in [0.2, 0.25) is 10.0 Å². The van der Waals surface area contributed by atoms with E-state index in [0.29, 0.717) is 11.1 Å². The Kier molecular flexibility index (Phi) is 5.60. The van der Waals surface area contributed by atoms with Crippen LogP contribution in [0.4, 0.5) is 10.1 Å². The molecule has 0 atom stereocenters. The number of carbonyl (C=O) groups is 1. The quantitative estimate of drug-likeness (QED) is 0.538. The number of fused-ring (bicyclic) bond motifs is 1. The number of hydrogen-bond donors (Lipinski definition) is 3. The van der Waals surface area contributed by atoms with Crippen molar-refractivity contribution in [3.05, 3.63) is 80.5 Å². The number of nitrogens with zero attached hydrogens (tertiary/aromatic N) is 1. The molecule has 0 aliphatic heterocycles. The number of carboxylic acids is 1. The van der Waals surface area contributed by atoms with Gasteiger partial charge in [-0.3, -0.25) is 9.20 Å². The molecule has 3 rings (SSSR count). The van der Waals surface area contributed by atoms with Gasteiger partial charge in [0.25, 0.3) is 5.56 Å². The summed E-state index contributed by atoms with van der Waals surface area (Å²) in [4.78, 5) is 24.0. The van der Waals surface area contributed by atoms with Crippen molar-refractivity contribution in [3.8, 4) is 0 Å². The molecule has 4 N–H and O–H groups in total. The molecule has 0 aliphatic carbocycles. The van der Waals surface area contributed by atoms with Crippen LogP contribution in [0.3, 0.4) is 0 Å². The van der Waals surface area contributed by atoms with E-state index in [1.165, 1.54) is 18.3 Å². The topological polar surface area (TPSA) is 131 Å². The Labute approximate surface area is 169 Å². The van der Waals surface area contributed by atoms with Crippen molar-refractivity contribution in [2.45, 2.75) is 6.42 Å². The Bertz CT molecular complexity index is 1290. The summed E-state index contributed by atoms with van der Waals surface area (Å²) in [6.07, 6.45) is 1.47. The number of nitrogens with two attached hydrogens (primary N) is 1. The maximum Gasteiger partial charge on any atom is 0.341 e. The number of aromatic nitrogens is 1. The molecule has 0 radical (unpaired) electrons. The number of rotatable bonds is 6. The Morgan fingerprint density at radius 1 is 1.28 bits per heavy atom. The average molecular weight is 440 g/mol.